The highest BCUT2D eigenvalue weighted by Gasteiger charge is 2.12. The number of hydrogen-bond donors (Lipinski definition) is 1. The molecule has 5 heteroatoms. The predicted octanol–water partition coefficient (Wildman–Crippen LogP) is 2.05. The standard InChI is InChI=1S/C12H14ClN3O/c13-11-1-2-14-12-10(11)7-9(15-12)8-16-3-5-17-6-4-16/h1-2,7H,3-6,8H2,(H,14,15). The van der Waals surface area contributed by atoms with Crippen LogP contribution in [0.1, 0.15) is 5.69 Å². The van der Waals surface area contributed by atoms with Crippen LogP contribution in [0.15, 0.2) is 18.3 Å². The Morgan fingerprint density at radius 3 is 3.00 bits per heavy atom. The molecule has 2 aromatic rings. The molecule has 0 aromatic carbocycles. The largest absolute Gasteiger partial charge is 0.379 e. The molecular weight excluding hydrogens is 238 g/mol. The third-order valence-corrected chi connectivity index (χ3v) is 3.36. The lowest BCUT2D eigenvalue weighted by atomic mass is 10.3. The maximum Gasteiger partial charge on any atom is 0.138 e. The van der Waals surface area contributed by atoms with E-state index in [1.807, 2.05) is 6.07 Å². The van der Waals surface area contributed by atoms with Crippen molar-refractivity contribution in [3.63, 3.8) is 0 Å². The zero-order valence-corrected chi connectivity index (χ0v) is 10.2. The molecule has 1 aliphatic heterocycles. The monoisotopic (exact) mass is 251 g/mol. The van der Waals surface area contributed by atoms with E-state index in [4.69, 9.17) is 16.3 Å². The Labute approximate surface area is 105 Å². The van der Waals surface area contributed by atoms with Gasteiger partial charge in [-0.15, -0.1) is 0 Å². The van der Waals surface area contributed by atoms with Crippen molar-refractivity contribution >= 4 is 22.6 Å². The second-order valence-corrected chi connectivity index (χ2v) is 4.65. The van der Waals surface area contributed by atoms with E-state index in [9.17, 15) is 0 Å². The molecule has 4 nitrogen and oxygen atoms in total. The summed E-state index contributed by atoms with van der Waals surface area (Å²) in [6.45, 7) is 4.50. The van der Waals surface area contributed by atoms with Crippen LogP contribution in [-0.4, -0.2) is 41.2 Å². The molecule has 3 rings (SSSR count). The van der Waals surface area contributed by atoms with Gasteiger partial charge in [0.05, 0.1) is 18.2 Å². The third kappa shape index (κ3) is 2.29. The van der Waals surface area contributed by atoms with Gasteiger partial charge in [0.2, 0.25) is 0 Å². The number of rotatable bonds is 2. The highest BCUT2D eigenvalue weighted by Crippen LogP contribution is 2.22. The highest BCUT2D eigenvalue weighted by atomic mass is 35.5. The van der Waals surface area contributed by atoms with Gasteiger partial charge in [0.1, 0.15) is 5.65 Å². The molecule has 2 aromatic heterocycles. The molecule has 17 heavy (non-hydrogen) atoms. The Balaban J connectivity index is 1.83. The molecule has 0 saturated carbocycles. The fourth-order valence-electron chi connectivity index (χ4n) is 2.13. The minimum absolute atomic E-state index is 0.750. The second-order valence-electron chi connectivity index (χ2n) is 4.24. The first kappa shape index (κ1) is 11.0. The van der Waals surface area contributed by atoms with Crippen LogP contribution >= 0.6 is 11.6 Å². The summed E-state index contributed by atoms with van der Waals surface area (Å²) in [6.07, 6.45) is 1.72. The minimum Gasteiger partial charge on any atom is -0.379 e. The van der Waals surface area contributed by atoms with Crippen LogP contribution in [0.5, 0.6) is 0 Å². The summed E-state index contributed by atoms with van der Waals surface area (Å²) in [7, 11) is 0. The molecule has 1 saturated heterocycles. The SMILES string of the molecule is Clc1ccnc2[nH]c(CN3CCOCC3)cc12. The van der Waals surface area contributed by atoms with Crippen LogP contribution in [0.25, 0.3) is 11.0 Å². The number of hydrogen-bond acceptors (Lipinski definition) is 3. The van der Waals surface area contributed by atoms with Crippen molar-refractivity contribution in [3.05, 3.63) is 29.0 Å². The van der Waals surface area contributed by atoms with Gasteiger partial charge in [-0.25, -0.2) is 4.98 Å². The van der Waals surface area contributed by atoms with Crippen molar-refractivity contribution in [2.75, 3.05) is 26.3 Å². The summed E-state index contributed by atoms with van der Waals surface area (Å²) in [5.41, 5.74) is 2.02. The van der Waals surface area contributed by atoms with E-state index in [1.165, 1.54) is 0 Å². The Bertz CT molecular complexity index is 519. The average molecular weight is 252 g/mol. The van der Waals surface area contributed by atoms with Gasteiger partial charge in [0.25, 0.3) is 0 Å². The summed E-state index contributed by atoms with van der Waals surface area (Å²) in [6, 6.07) is 3.90. The Hall–Kier alpha value is -1.10. The number of nitrogens with zero attached hydrogens (tertiary/aromatic N) is 2. The van der Waals surface area contributed by atoms with Gasteiger partial charge in [-0.3, -0.25) is 4.90 Å². The van der Waals surface area contributed by atoms with E-state index >= 15 is 0 Å². The van der Waals surface area contributed by atoms with Gasteiger partial charge in [0.15, 0.2) is 0 Å². The summed E-state index contributed by atoms with van der Waals surface area (Å²) in [5.74, 6) is 0. The van der Waals surface area contributed by atoms with Gasteiger partial charge in [0, 0.05) is 36.9 Å². The summed E-state index contributed by atoms with van der Waals surface area (Å²) >= 11 is 6.12. The van der Waals surface area contributed by atoms with Gasteiger partial charge < -0.3 is 9.72 Å². The van der Waals surface area contributed by atoms with Crippen LogP contribution in [0.2, 0.25) is 5.02 Å². The number of nitrogens with one attached hydrogen (secondary N) is 1. The van der Waals surface area contributed by atoms with E-state index in [-0.39, 0.29) is 0 Å². The predicted molar refractivity (Wildman–Crippen MR) is 67.2 cm³/mol. The second kappa shape index (κ2) is 4.64. The number of ether oxygens (including phenoxy) is 1. The first-order valence-electron chi connectivity index (χ1n) is 5.75. The molecule has 3 heterocycles. The van der Waals surface area contributed by atoms with E-state index in [0.29, 0.717) is 0 Å². The summed E-state index contributed by atoms with van der Waals surface area (Å²) in [4.78, 5) is 9.94. The lowest BCUT2D eigenvalue weighted by Crippen LogP contribution is -2.35. The Kier molecular flexibility index (Phi) is 3.01. The molecule has 1 fully saturated rings. The normalized spacial score (nSPS) is 17.7. The Morgan fingerprint density at radius 2 is 2.24 bits per heavy atom. The molecule has 0 spiro atoms. The number of aromatic amines is 1. The Morgan fingerprint density at radius 1 is 1.41 bits per heavy atom. The zero-order valence-electron chi connectivity index (χ0n) is 9.45. The number of aromatic nitrogens is 2. The minimum atomic E-state index is 0.750. The number of halogens is 1. The zero-order chi connectivity index (χ0) is 11.7. The summed E-state index contributed by atoms with van der Waals surface area (Å²) < 4.78 is 5.33. The first-order chi connectivity index (χ1) is 8.33. The maximum atomic E-state index is 6.12. The quantitative estimate of drug-likeness (QED) is 0.888. The lowest BCUT2D eigenvalue weighted by Gasteiger charge is -2.25. The van der Waals surface area contributed by atoms with E-state index in [1.54, 1.807) is 6.20 Å². The summed E-state index contributed by atoms with van der Waals surface area (Å²) in [5, 5.41) is 1.75. The van der Waals surface area contributed by atoms with Crippen LogP contribution in [0, 0.1) is 0 Å². The topological polar surface area (TPSA) is 41.2 Å². The van der Waals surface area contributed by atoms with Crippen LogP contribution in [-0.2, 0) is 11.3 Å². The highest BCUT2D eigenvalue weighted by molar-refractivity contribution is 6.35. The molecule has 0 radical (unpaired) electrons. The maximum absolute atomic E-state index is 6.12. The van der Waals surface area contributed by atoms with Crippen LogP contribution in [0.3, 0.4) is 0 Å². The van der Waals surface area contributed by atoms with E-state index in [2.05, 4.69) is 20.9 Å². The van der Waals surface area contributed by atoms with Crippen molar-refractivity contribution in [2.24, 2.45) is 0 Å². The first-order valence-corrected chi connectivity index (χ1v) is 6.13. The van der Waals surface area contributed by atoms with Crippen molar-refractivity contribution in [2.45, 2.75) is 6.54 Å². The van der Waals surface area contributed by atoms with Gasteiger partial charge in [-0.1, -0.05) is 11.6 Å². The number of morpholine rings is 1. The van der Waals surface area contributed by atoms with E-state index < -0.39 is 0 Å². The van der Waals surface area contributed by atoms with Crippen LogP contribution < -0.4 is 0 Å². The fraction of sp³-hybridized carbons (Fsp3) is 0.417. The number of pyridine rings is 1. The molecule has 0 bridgehead atoms. The fourth-order valence-corrected chi connectivity index (χ4v) is 2.33. The third-order valence-electron chi connectivity index (χ3n) is 3.03. The van der Waals surface area contributed by atoms with Crippen molar-refractivity contribution in [1.82, 2.24) is 14.9 Å². The number of fused-ring (bicyclic) bond motifs is 1. The van der Waals surface area contributed by atoms with E-state index in [0.717, 1.165) is 54.6 Å². The number of H-pyrrole nitrogens is 1. The van der Waals surface area contributed by atoms with Crippen molar-refractivity contribution in [3.8, 4) is 0 Å². The van der Waals surface area contributed by atoms with Gasteiger partial charge >= 0.3 is 0 Å². The molecule has 1 N–H and O–H groups in total. The molecule has 0 atom stereocenters. The van der Waals surface area contributed by atoms with Gasteiger partial charge in [-0.05, 0) is 12.1 Å². The molecule has 1 aliphatic rings. The molecular formula is C12H14ClN3O. The van der Waals surface area contributed by atoms with Crippen molar-refractivity contribution < 1.29 is 4.74 Å². The lowest BCUT2D eigenvalue weighted by molar-refractivity contribution is 0.0337. The molecule has 0 unspecified atom stereocenters. The average Bonchev–Trinajstić information content (AvgIpc) is 2.74. The molecule has 0 amide bonds. The smallest absolute Gasteiger partial charge is 0.138 e. The molecule has 0 aliphatic carbocycles. The molecule has 90 valence electrons. The van der Waals surface area contributed by atoms with Crippen molar-refractivity contribution in [1.29, 1.82) is 0 Å². The van der Waals surface area contributed by atoms with Crippen LogP contribution in [0.4, 0.5) is 0 Å². The van der Waals surface area contributed by atoms with Gasteiger partial charge in [-0.2, -0.15) is 0 Å².